The molecule has 1 aromatic carbocycles. The van der Waals surface area contributed by atoms with Gasteiger partial charge in [-0.3, -0.25) is 4.79 Å². The largest absolute Gasteiger partial charge is 0.396 e. The SMILES string of the molecule is CN1C(=O)[C@@H](c2ccccc2)CC12CCN(CCCCO)CC2. The number of piperidine rings is 1. The van der Waals surface area contributed by atoms with Crippen LogP contribution in [0.1, 0.15) is 43.6 Å². The molecule has 2 saturated heterocycles. The van der Waals surface area contributed by atoms with Gasteiger partial charge in [-0.2, -0.15) is 0 Å². The zero-order chi connectivity index (χ0) is 16.3. The minimum absolute atomic E-state index is 0.0298. The van der Waals surface area contributed by atoms with Crippen molar-refractivity contribution in [1.29, 1.82) is 0 Å². The summed E-state index contributed by atoms with van der Waals surface area (Å²) >= 11 is 0. The van der Waals surface area contributed by atoms with Crippen LogP contribution < -0.4 is 0 Å². The predicted octanol–water partition coefficient (Wildman–Crippen LogP) is 2.24. The third-order valence-electron chi connectivity index (χ3n) is 5.80. The number of carbonyl (C=O) groups is 1. The highest BCUT2D eigenvalue weighted by molar-refractivity contribution is 5.87. The van der Waals surface area contributed by atoms with Crippen LogP contribution in [-0.2, 0) is 4.79 Å². The van der Waals surface area contributed by atoms with Crippen LogP contribution in [0.4, 0.5) is 0 Å². The molecule has 1 spiro atoms. The number of hydrogen-bond acceptors (Lipinski definition) is 3. The van der Waals surface area contributed by atoms with Crippen LogP contribution in [0.3, 0.4) is 0 Å². The first-order chi connectivity index (χ1) is 11.2. The number of aliphatic hydroxyl groups is 1. The summed E-state index contributed by atoms with van der Waals surface area (Å²) in [7, 11) is 1.99. The second-order valence-corrected chi connectivity index (χ2v) is 7.06. The van der Waals surface area contributed by atoms with Crippen LogP contribution in [0.2, 0.25) is 0 Å². The number of benzene rings is 1. The first kappa shape index (κ1) is 16.5. The number of hydrogen-bond donors (Lipinski definition) is 1. The third-order valence-corrected chi connectivity index (χ3v) is 5.80. The lowest BCUT2D eigenvalue weighted by Crippen LogP contribution is -2.51. The van der Waals surface area contributed by atoms with Gasteiger partial charge in [-0.15, -0.1) is 0 Å². The van der Waals surface area contributed by atoms with Crippen molar-refractivity contribution in [3.63, 3.8) is 0 Å². The third kappa shape index (κ3) is 3.29. The number of amides is 1. The van der Waals surface area contributed by atoms with Crippen molar-refractivity contribution in [2.24, 2.45) is 0 Å². The van der Waals surface area contributed by atoms with Gasteiger partial charge < -0.3 is 14.9 Å². The molecule has 1 atom stereocenters. The Bertz CT molecular complexity index is 523. The Morgan fingerprint density at radius 1 is 1.17 bits per heavy atom. The molecule has 4 nitrogen and oxygen atoms in total. The maximum absolute atomic E-state index is 12.8. The molecule has 2 heterocycles. The number of nitrogens with zero attached hydrogens (tertiary/aromatic N) is 2. The quantitative estimate of drug-likeness (QED) is 0.847. The van der Waals surface area contributed by atoms with Crippen molar-refractivity contribution < 1.29 is 9.90 Å². The molecule has 3 rings (SSSR count). The number of carbonyl (C=O) groups excluding carboxylic acids is 1. The lowest BCUT2D eigenvalue weighted by atomic mass is 9.81. The van der Waals surface area contributed by atoms with Crippen molar-refractivity contribution in [2.45, 2.75) is 43.6 Å². The Morgan fingerprint density at radius 3 is 2.52 bits per heavy atom. The van der Waals surface area contributed by atoms with Gasteiger partial charge >= 0.3 is 0 Å². The van der Waals surface area contributed by atoms with Gasteiger partial charge in [-0.05, 0) is 44.2 Å². The molecular formula is C19H28N2O2. The Kier molecular flexibility index (Phi) is 5.02. The Labute approximate surface area is 139 Å². The molecule has 0 radical (unpaired) electrons. The van der Waals surface area contributed by atoms with Gasteiger partial charge in [0.2, 0.25) is 5.91 Å². The summed E-state index contributed by atoms with van der Waals surface area (Å²) in [5.74, 6) is 0.312. The van der Waals surface area contributed by atoms with E-state index < -0.39 is 0 Å². The van der Waals surface area contributed by atoms with Crippen molar-refractivity contribution >= 4 is 5.91 Å². The second-order valence-electron chi connectivity index (χ2n) is 7.06. The second kappa shape index (κ2) is 7.02. The molecular weight excluding hydrogens is 288 g/mol. The lowest BCUT2D eigenvalue weighted by molar-refractivity contribution is -0.131. The molecule has 0 saturated carbocycles. The molecule has 0 aromatic heterocycles. The van der Waals surface area contributed by atoms with Gasteiger partial charge in [-0.25, -0.2) is 0 Å². The van der Waals surface area contributed by atoms with E-state index in [-0.39, 0.29) is 24.0 Å². The maximum Gasteiger partial charge on any atom is 0.230 e. The van der Waals surface area contributed by atoms with Crippen LogP contribution in [0.25, 0.3) is 0 Å². The predicted molar refractivity (Wildman–Crippen MR) is 91.3 cm³/mol. The number of likely N-dealkylation sites (N-methyl/N-ethyl adjacent to an activating group) is 1. The van der Waals surface area contributed by atoms with Gasteiger partial charge in [0.25, 0.3) is 0 Å². The number of unbranched alkanes of at least 4 members (excludes halogenated alkanes) is 1. The van der Waals surface area contributed by atoms with Crippen molar-refractivity contribution in [3.05, 3.63) is 35.9 Å². The van der Waals surface area contributed by atoms with Crippen molar-refractivity contribution in [3.8, 4) is 0 Å². The summed E-state index contributed by atoms with van der Waals surface area (Å²) in [6.07, 6.45) is 5.03. The zero-order valence-electron chi connectivity index (χ0n) is 14.1. The molecule has 1 amide bonds. The summed E-state index contributed by atoms with van der Waals surface area (Å²) < 4.78 is 0. The van der Waals surface area contributed by atoms with E-state index in [1.165, 1.54) is 0 Å². The zero-order valence-corrected chi connectivity index (χ0v) is 14.1. The van der Waals surface area contributed by atoms with E-state index in [1.807, 2.05) is 30.1 Å². The first-order valence-electron chi connectivity index (χ1n) is 8.82. The van der Waals surface area contributed by atoms with Crippen molar-refractivity contribution in [1.82, 2.24) is 9.80 Å². The average molecular weight is 316 g/mol. The Balaban J connectivity index is 1.64. The van der Waals surface area contributed by atoms with Gasteiger partial charge in [0, 0.05) is 32.3 Å². The van der Waals surface area contributed by atoms with Crippen LogP contribution in [0, 0.1) is 0 Å². The molecule has 0 unspecified atom stereocenters. The molecule has 0 aliphatic carbocycles. The Morgan fingerprint density at radius 2 is 1.87 bits per heavy atom. The van der Waals surface area contributed by atoms with Gasteiger partial charge in [0.05, 0.1) is 5.92 Å². The van der Waals surface area contributed by atoms with Gasteiger partial charge in [0.15, 0.2) is 0 Å². The van der Waals surface area contributed by atoms with Crippen LogP contribution in [-0.4, -0.2) is 59.6 Å². The van der Waals surface area contributed by atoms with Gasteiger partial charge in [-0.1, -0.05) is 30.3 Å². The normalized spacial score (nSPS) is 24.5. The minimum atomic E-state index is 0.0298. The molecule has 0 bridgehead atoms. The first-order valence-corrected chi connectivity index (χ1v) is 8.82. The topological polar surface area (TPSA) is 43.8 Å². The highest BCUT2D eigenvalue weighted by Gasteiger charge is 2.50. The van der Waals surface area contributed by atoms with E-state index in [9.17, 15) is 4.79 Å². The summed E-state index contributed by atoms with van der Waals surface area (Å²) in [6, 6.07) is 10.2. The summed E-state index contributed by atoms with van der Waals surface area (Å²) in [5, 5.41) is 8.90. The highest BCUT2D eigenvalue weighted by Crippen LogP contribution is 2.44. The molecule has 1 N–H and O–H groups in total. The molecule has 4 heteroatoms. The fourth-order valence-electron chi connectivity index (χ4n) is 4.20. The smallest absolute Gasteiger partial charge is 0.230 e. The maximum atomic E-state index is 12.8. The Hall–Kier alpha value is -1.39. The van der Waals surface area contributed by atoms with E-state index in [1.54, 1.807) is 0 Å². The molecule has 2 aliphatic rings. The molecule has 2 fully saturated rings. The van der Waals surface area contributed by atoms with Gasteiger partial charge in [0.1, 0.15) is 0 Å². The summed E-state index contributed by atoms with van der Waals surface area (Å²) in [6.45, 7) is 3.47. The van der Waals surface area contributed by atoms with Crippen LogP contribution in [0.15, 0.2) is 30.3 Å². The summed E-state index contributed by atoms with van der Waals surface area (Å²) in [4.78, 5) is 17.3. The van der Waals surface area contributed by atoms with E-state index >= 15 is 0 Å². The average Bonchev–Trinajstić information content (AvgIpc) is 2.83. The summed E-state index contributed by atoms with van der Waals surface area (Å²) in [5.41, 5.74) is 1.21. The highest BCUT2D eigenvalue weighted by atomic mass is 16.2. The standard InChI is InChI=1S/C19H28N2O2/c1-20-18(23)17(16-7-3-2-4-8-16)15-19(20)9-12-21(13-10-19)11-5-6-14-22/h2-4,7-8,17,22H,5-6,9-15H2,1H3/t17-/m1/s1. The lowest BCUT2D eigenvalue weighted by Gasteiger charge is -2.43. The minimum Gasteiger partial charge on any atom is -0.396 e. The molecule has 126 valence electrons. The fourth-order valence-corrected chi connectivity index (χ4v) is 4.20. The van der Waals surface area contributed by atoms with E-state index in [0.717, 1.165) is 57.3 Å². The number of aliphatic hydroxyl groups excluding tert-OH is 1. The van der Waals surface area contributed by atoms with E-state index in [2.05, 4.69) is 17.0 Å². The number of rotatable bonds is 5. The molecule has 23 heavy (non-hydrogen) atoms. The fraction of sp³-hybridized carbons (Fsp3) is 0.632. The van der Waals surface area contributed by atoms with E-state index in [4.69, 9.17) is 5.11 Å². The van der Waals surface area contributed by atoms with Crippen molar-refractivity contribution in [2.75, 3.05) is 33.3 Å². The van der Waals surface area contributed by atoms with E-state index in [0.29, 0.717) is 0 Å². The number of likely N-dealkylation sites (tertiary alicyclic amines) is 2. The molecule has 1 aromatic rings. The van der Waals surface area contributed by atoms with Crippen LogP contribution >= 0.6 is 0 Å². The monoisotopic (exact) mass is 316 g/mol. The van der Waals surface area contributed by atoms with Crippen LogP contribution in [0.5, 0.6) is 0 Å². The molecule has 2 aliphatic heterocycles.